The monoisotopic (exact) mass is 318 g/mol. The third kappa shape index (κ3) is 4.79. The highest BCUT2D eigenvalue weighted by Gasteiger charge is 2.36. The summed E-state index contributed by atoms with van der Waals surface area (Å²) in [6, 6.07) is 10.2. The van der Waals surface area contributed by atoms with Crippen molar-refractivity contribution in [2.24, 2.45) is 5.92 Å². The van der Waals surface area contributed by atoms with Crippen molar-refractivity contribution in [2.45, 2.75) is 58.2 Å². The lowest BCUT2D eigenvalue weighted by molar-refractivity contribution is -0.124. The van der Waals surface area contributed by atoms with E-state index in [-0.39, 0.29) is 18.0 Å². The second-order valence-electron chi connectivity index (χ2n) is 7.48. The summed E-state index contributed by atoms with van der Waals surface area (Å²) in [6.45, 7) is 9.12. The van der Waals surface area contributed by atoms with Crippen molar-refractivity contribution >= 4 is 5.91 Å². The molecule has 0 saturated carbocycles. The Bertz CT molecular complexity index is 508. The van der Waals surface area contributed by atoms with Crippen molar-refractivity contribution in [2.75, 3.05) is 13.1 Å². The van der Waals surface area contributed by atoms with E-state index < -0.39 is 5.60 Å². The Morgan fingerprint density at radius 3 is 2.57 bits per heavy atom. The Hall–Kier alpha value is -1.39. The van der Waals surface area contributed by atoms with Crippen molar-refractivity contribution in [3.8, 4) is 0 Å². The third-order valence-electron chi connectivity index (χ3n) is 4.67. The summed E-state index contributed by atoms with van der Waals surface area (Å²) in [5.41, 5.74) is 0.365. The van der Waals surface area contributed by atoms with E-state index in [1.807, 2.05) is 32.0 Å². The van der Waals surface area contributed by atoms with E-state index in [0.717, 1.165) is 24.9 Å². The average Bonchev–Trinajstić information content (AvgIpc) is 2.93. The number of aliphatic hydroxyl groups is 1. The zero-order valence-corrected chi connectivity index (χ0v) is 14.7. The van der Waals surface area contributed by atoms with Crippen molar-refractivity contribution in [1.82, 2.24) is 10.2 Å². The van der Waals surface area contributed by atoms with Crippen LogP contribution >= 0.6 is 0 Å². The summed E-state index contributed by atoms with van der Waals surface area (Å²) < 4.78 is 0. The van der Waals surface area contributed by atoms with E-state index in [0.29, 0.717) is 12.5 Å². The van der Waals surface area contributed by atoms with Gasteiger partial charge in [-0.15, -0.1) is 0 Å². The zero-order valence-electron chi connectivity index (χ0n) is 14.7. The predicted octanol–water partition coefficient (Wildman–Crippen LogP) is 2.74. The molecule has 128 valence electrons. The Balaban J connectivity index is 2.00. The molecule has 0 spiro atoms. The standard InChI is InChI=1S/C19H30N2O2/c1-14(2)18(15-9-6-5-7-10-15)20-17(22)13-21-12-8-11-16(21)19(3,4)23/h5-7,9-10,14,16,18,23H,8,11-13H2,1-4H3,(H,20,22). The van der Waals surface area contributed by atoms with Gasteiger partial charge in [-0.25, -0.2) is 0 Å². The maximum atomic E-state index is 12.5. The summed E-state index contributed by atoms with van der Waals surface area (Å²) >= 11 is 0. The van der Waals surface area contributed by atoms with Crippen LogP contribution in [-0.2, 0) is 4.79 Å². The molecule has 0 bridgehead atoms. The van der Waals surface area contributed by atoms with E-state index in [4.69, 9.17) is 0 Å². The highest BCUT2D eigenvalue weighted by molar-refractivity contribution is 5.78. The fourth-order valence-corrected chi connectivity index (χ4v) is 3.51. The largest absolute Gasteiger partial charge is 0.389 e. The molecule has 2 atom stereocenters. The van der Waals surface area contributed by atoms with Gasteiger partial charge in [0.2, 0.25) is 5.91 Å². The van der Waals surface area contributed by atoms with Crippen LogP contribution in [0.15, 0.2) is 30.3 Å². The van der Waals surface area contributed by atoms with Crippen LogP contribution in [0.1, 0.15) is 52.1 Å². The number of likely N-dealkylation sites (tertiary alicyclic amines) is 1. The van der Waals surface area contributed by atoms with E-state index in [2.05, 4.69) is 36.2 Å². The first-order chi connectivity index (χ1) is 10.8. The minimum Gasteiger partial charge on any atom is -0.389 e. The second kappa shape index (κ2) is 7.45. The molecule has 2 rings (SSSR count). The molecule has 1 aromatic carbocycles. The van der Waals surface area contributed by atoms with Crippen molar-refractivity contribution < 1.29 is 9.90 Å². The van der Waals surface area contributed by atoms with Gasteiger partial charge in [0.25, 0.3) is 0 Å². The summed E-state index contributed by atoms with van der Waals surface area (Å²) in [4.78, 5) is 14.6. The lowest BCUT2D eigenvalue weighted by Gasteiger charge is -2.34. The molecular weight excluding hydrogens is 288 g/mol. The van der Waals surface area contributed by atoms with Crippen LogP contribution < -0.4 is 5.32 Å². The lowest BCUT2D eigenvalue weighted by Crippen LogP contribution is -2.49. The second-order valence-corrected chi connectivity index (χ2v) is 7.48. The predicted molar refractivity (Wildman–Crippen MR) is 93.1 cm³/mol. The fourth-order valence-electron chi connectivity index (χ4n) is 3.51. The normalized spacial score (nSPS) is 20.7. The number of carbonyl (C=O) groups is 1. The molecule has 1 heterocycles. The minimum absolute atomic E-state index is 0.0203. The van der Waals surface area contributed by atoms with Crippen molar-refractivity contribution in [3.05, 3.63) is 35.9 Å². The van der Waals surface area contributed by atoms with Crippen LogP contribution in [0.3, 0.4) is 0 Å². The van der Waals surface area contributed by atoms with E-state index in [9.17, 15) is 9.90 Å². The maximum Gasteiger partial charge on any atom is 0.234 e. The first-order valence-corrected chi connectivity index (χ1v) is 8.59. The van der Waals surface area contributed by atoms with E-state index in [1.165, 1.54) is 0 Å². The molecule has 1 aliphatic heterocycles. The Labute approximate surface area is 139 Å². The molecule has 23 heavy (non-hydrogen) atoms. The molecule has 2 unspecified atom stereocenters. The van der Waals surface area contributed by atoms with Gasteiger partial charge in [0.15, 0.2) is 0 Å². The topological polar surface area (TPSA) is 52.6 Å². The Morgan fingerprint density at radius 1 is 1.35 bits per heavy atom. The van der Waals surface area contributed by atoms with E-state index >= 15 is 0 Å². The number of benzene rings is 1. The molecule has 1 fully saturated rings. The average molecular weight is 318 g/mol. The van der Waals surface area contributed by atoms with Gasteiger partial charge < -0.3 is 10.4 Å². The number of hydrogen-bond acceptors (Lipinski definition) is 3. The molecule has 2 N–H and O–H groups in total. The summed E-state index contributed by atoms with van der Waals surface area (Å²) in [5, 5.41) is 13.4. The van der Waals surface area contributed by atoms with Crippen LogP contribution in [0.25, 0.3) is 0 Å². The highest BCUT2D eigenvalue weighted by atomic mass is 16.3. The van der Waals surface area contributed by atoms with Gasteiger partial charge in [-0.05, 0) is 44.7 Å². The first-order valence-electron chi connectivity index (χ1n) is 8.59. The smallest absolute Gasteiger partial charge is 0.234 e. The molecule has 4 nitrogen and oxygen atoms in total. The summed E-state index contributed by atoms with van der Waals surface area (Å²) in [6.07, 6.45) is 1.98. The first kappa shape index (κ1) is 18.0. The SMILES string of the molecule is CC(C)C(NC(=O)CN1CCCC1C(C)(C)O)c1ccccc1. The van der Waals surface area contributed by atoms with Crippen molar-refractivity contribution in [1.29, 1.82) is 0 Å². The van der Waals surface area contributed by atoms with Gasteiger partial charge in [-0.3, -0.25) is 9.69 Å². The highest BCUT2D eigenvalue weighted by Crippen LogP contribution is 2.27. The fraction of sp³-hybridized carbons (Fsp3) is 0.632. The number of rotatable bonds is 6. The summed E-state index contributed by atoms with van der Waals surface area (Å²) in [7, 11) is 0. The molecule has 1 aliphatic rings. The van der Waals surface area contributed by atoms with Gasteiger partial charge in [0.1, 0.15) is 0 Å². The Morgan fingerprint density at radius 2 is 2.00 bits per heavy atom. The maximum absolute atomic E-state index is 12.5. The molecule has 1 saturated heterocycles. The Kier molecular flexibility index (Phi) is 5.82. The van der Waals surface area contributed by atoms with Gasteiger partial charge in [0, 0.05) is 6.04 Å². The number of nitrogens with zero attached hydrogens (tertiary/aromatic N) is 1. The van der Waals surface area contributed by atoms with Crippen molar-refractivity contribution in [3.63, 3.8) is 0 Å². The zero-order chi connectivity index (χ0) is 17.0. The van der Waals surface area contributed by atoms with Gasteiger partial charge in [-0.2, -0.15) is 0 Å². The molecule has 1 amide bonds. The van der Waals surface area contributed by atoms with E-state index in [1.54, 1.807) is 0 Å². The third-order valence-corrected chi connectivity index (χ3v) is 4.67. The molecule has 4 heteroatoms. The molecule has 0 aromatic heterocycles. The molecule has 0 aliphatic carbocycles. The molecule has 1 aromatic rings. The number of hydrogen-bond donors (Lipinski definition) is 2. The van der Waals surface area contributed by atoms with Crippen LogP contribution in [0.4, 0.5) is 0 Å². The lowest BCUT2D eigenvalue weighted by atomic mass is 9.95. The minimum atomic E-state index is -0.770. The van der Waals surface area contributed by atoms with Crippen LogP contribution in [0.5, 0.6) is 0 Å². The van der Waals surface area contributed by atoms with Crippen LogP contribution in [-0.4, -0.2) is 40.6 Å². The molecular formula is C19H30N2O2. The van der Waals surface area contributed by atoms with Gasteiger partial charge in [0.05, 0.1) is 18.2 Å². The van der Waals surface area contributed by atoms with Crippen LogP contribution in [0.2, 0.25) is 0 Å². The number of amides is 1. The van der Waals surface area contributed by atoms with Gasteiger partial charge in [-0.1, -0.05) is 44.2 Å². The quantitative estimate of drug-likeness (QED) is 0.848. The molecule has 0 radical (unpaired) electrons. The number of carbonyl (C=O) groups excluding carboxylic acids is 1. The number of nitrogens with one attached hydrogen (secondary N) is 1. The van der Waals surface area contributed by atoms with Gasteiger partial charge >= 0.3 is 0 Å². The summed E-state index contributed by atoms with van der Waals surface area (Å²) in [5.74, 6) is 0.355. The van der Waals surface area contributed by atoms with Crippen LogP contribution in [0, 0.1) is 5.92 Å².